The molecular weight excluding hydrogens is 247 g/mol. The molecule has 0 saturated carbocycles. The third-order valence-corrected chi connectivity index (χ3v) is 2.68. The smallest absolute Gasteiger partial charge is 0.314 e. The van der Waals surface area contributed by atoms with Crippen LogP contribution >= 0.6 is 34.5 Å². The van der Waals surface area contributed by atoms with Crippen molar-refractivity contribution in [2.24, 2.45) is 0 Å². The summed E-state index contributed by atoms with van der Waals surface area (Å²) in [4.78, 5) is 20.0. The fourth-order valence-electron chi connectivity index (χ4n) is 0.725. The number of rotatable bonds is 0. The van der Waals surface area contributed by atoms with E-state index in [0.29, 0.717) is 0 Å². The van der Waals surface area contributed by atoms with E-state index in [1.165, 1.54) is 11.3 Å². The minimum Gasteiger partial charge on any atom is -0.393 e. The molecule has 6 heteroatoms. The second-order valence-corrected chi connectivity index (χ2v) is 4.74. The number of hydrogen-bond acceptors (Lipinski definition) is 4. The molecule has 0 bridgehead atoms. The van der Waals surface area contributed by atoms with E-state index in [1.807, 2.05) is 0 Å². The van der Waals surface area contributed by atoms with Gasteiger partial charge in [-0.25, -0.2) is 0 Å². The highest BCUT2D eigenvalue weighted by atomic mass is 35.5. The van der Waals surface area contributed by atoms with Crippen LogP contribution < -0.4 is 0 Å². The topological polar surface area (TPSA) is 43.4 Å². The summed E-state index contributed by atoms with van der Waals surface area (Å²) < 4.78 is 5.56. The minimum absolute atomic E-state index is 0.263. The third kappa shape index (κ3) is 4.09. The van der Waals surface area contributed by atoms with Crippen molar-refractivity contribution in [3.05, 3.63) is 20.8 Å². The summed E-state index contributed by atoms with van der Waals surface area (Å²) in [6.07, 6.45) is 0.525. The van der Waals surface area contributed by atoms with Crippen LogP contribution in [0.25, 0.3) is 0 Å². The second kappa shape index (κ2) is 5.34. The van der Waals surface area contributed by atoms with Crippen molar-refractivity contribution < 1.29 is 14.3 Å². The van der Waals surface area contributed by atoms with Gasteiger partial charge < -0.3 is 4.74 Å². The van der Waals surface area contributed by atoms with E-state index in [9.17, 15) is 9.59 Å². The van der Waals surface area contributed by atoms with E-state index in [0.717, 1.165) is 8.67 Å². The molecule has 14 heavy (non-hydrogen) atoms. The molecule has 0 unspecified atom stereocenters. The molecule has 1 aromatic rings. The summed E-state index contributed by atoms with van der Waals surface area (Å²) in [5.74, 6) is -0.796. The first-order chi connectivity index (χ1) is 6.58. The zero-order chi connectivity index (χ0) is 10.6. The van der Waals surface area contributed by atoms with Gasteiger partial charge in [0, 0.05) is 0 Å². The van der Waals surface area contributed by atoms with Crippen molar-refractivity contribution in [2.45, 2.75) is 12.8 Å². The molecular formula is C8H6Cl2O3S. The first kappa shape index (κ1) is 11.5. The highest BCUT2D eigenvalue weighted by Gasteiger charge is 2.19. The summed E-state index contributed by atoms with van der Waals surface area (Å²) in [7, 11) is 0. The molecule has 0 atom stereocenters. The number of cyclic esters (lactones) is 2. The summed E-state index contributed by atoms with van der Waals surface area (Å²) in [5, 5.41) is 0. The van der Waals surface area contributed by atoms with Gasteiger partial charge >= 0.3 is 11.9 Å². The lowest BCUT2D eigenvalue weighted by atomic mass is 10.4. The molecule has 76 valence electrons. The zero-order valence-corrected chi connectivity index (χ0v) is 9.29. The van der Waals surface area contributed by atoms with E-state index in [1.54, 1.807) is 12.1 Å². The Morgan fingerprint density at radius 2 is 1.50 bits per heavy atom. The highest BCUT2D eigenvalue weighted by Crippen LogP contribution is 2.24. The van der Waals surface area contributed by atoms with Gasteiger partial charge in [-0.15, -0.1) is 11.3 Å². The number of hydrogen-bond donors (Lipinski definition) is 0. The van der Waals surface area contributed by atoms with E-state index >= 15 is 0 Å². The maximum atomic E-state index is 10.0. The van der Waals surface area contributed by atoms with Crippen LogP contribution in [0.3, 0.4) is 0 Å². The van der Waals surface area contributed by atoms with Crippen LogP contribution in [0.4, 0.5) is 0 Å². The van der Waals surface area contributed by atoms with Crippen molar-refractivity contribution in [1.82, 2.24) is 0 Å². The highest BCUT2D eigenvalue weighted by molar-refractivity contribution is 7.19. The van der Waals surface area contributed by atoms with Gasteiger partial charge in [-0.05, 0) is 12.1 Å². The molecule has 1 saturated heterocycles. The number of ether oxygens (including phenoxy) is 1. The van der Waals surface area contributed by atoms with Crippen molar-refractivity contribution in [1.29, 1.82) is 0 Å². The van der Waals surface area contributed by atoms with Crippen LogP contribution in [0.5, 0.6) is 0 Å². The second-order valence-electron chi connectivity index (χ2n) is 2.39. The molecule has 3 nitrogen and oxygen atoms in total. The SMILES string of the molecule is Clc1ccc(Cl)s1.O=C1CCC(=O)O1. The fraction of sp³-hybridized carbons (Fsp3) is 0.250. The average molecular weight is 253 g/mol. The number of thiophene rings is 1. The molecule has 0 spiro atoms. The number of carbonyl (C=O) groups excluding carboxylic acids is 2. The lowest BCUT2D eigenvalue weighted by Gasteiger charge is -1.79. The Morgan fingerprint density at radius 3 is 1.64 bits per heavy atom. The molecule has 1 fully saturated rings. The predicted molar refractivity (Wildman–Crippen MR) is 54.7 cm³/mol. The predicted octanol–water partition coefficient (Wildman–Crippen LogP) is 2.90. The molecule has 1 aromatic heterocycles. The molecule has 0 amide bonds. The van der Waals surface area contributed by atoms with Crippen LogP contribution in [0, 0.1) is 0 Å². The Labute approximate surface area is 94.6 Å². The maximum Gasteiger partial charge on any atom is 0.314 e. The van der Waals surface area contributed by atoms with E-state index in [2.05, 4.69) is 4.74 Å². The van der Waals surface area contributed by atoms with E-state index < -0.39 is 11.9 Å². The summed E-state index contributed by atoms with van der Waals surface area (Å²) in [6.45, 7) is 0. The minimum atomic E-state index is -0.398. The average Bonchev–Trinajstić information content (AvgIpc) is 2.63. The van der Waals surface area contributed by atoms with Crippen LogP contribution in [-0.4, -0.2) is 11.9 Å². The summed E-state index contributed by atoms with van der Waals surface area (Å²) >= 11 is 12.4. The molecule has 0 aliphatic carbocycles. The molecule has 1 aliphatic heterocycles. The largest absolute Gasteiger partial charge is 0.393 e. The van der Waals surface area contributed by atoms with Crippen LogP contribution in [0.1, 0.15) is 12.8 Å². The Kier molecular flexibility index (Phi) is 4.38. The summed E-state index contributed by atoms with van der Waals surface area (Å²) in [5.41, 5.74) is 0. The molecule has 0 N–H and O–H groups in total. The first-order valence-corrected chi connectivity index (χ1v) is 5.29. The van der Waals surface area contributed by atoms with Gasteiger partial charge in [-0.1, -0.05) is 23.2 Å². The van der Waals surface area contributed by atoms with Crippen LogP contribution in [0.2, 0.25) is 8.67 Å². The Balaban J connectivity index is 0.000000140. The number of esters is 2. The van der Waals surface area contributed by atoms with Crippen molar-refractivity contribution in [3.63, 3.8) is 0 Å². The maximum absolute atomic E-state index is 10.0. The molecule has 2 rings (SSSR count). The van der Waals surface area contributed by atoms with Gasteiger partial charge in [0.2, 0.25) is 0 Å². The van der Waals surface area contributed by atoms with Crippen LogP contribution in [0.15, 0.2) is 12.1 Å². The third-order valence-electron chi connectivity index (χ3n) is 1.30. The standard InChI is InChI=1S/C4H2Cl2S.C4H4O3/c2*5-3-1-2-4(6)7-3/h1-2H;1-2H2. The molecule has 0 radical (unpaired) electrons. The Bertz CT molecular complexity index is 318. The van der Waals surface area contributed by atoms with Gasteiger partial charge in [0.25, 0.3) is 0 Å². The molecule has 2 heterocycles. The number of carbonyl (C=O) groups is 2. The van der Waals surface area contributed by atoms with Gasteiger partial charge in [0.1, 0.15) is 0 Å². The van der Waals surface area contributed by atoms with Gasteiger partial charge in [-0.3, -0.25) is 9.59 Å². The van der Waals surface area contributed by atoms with Gasteiger partial charge in [0.15, 0.2) is 0 Å². The van der Waals surface area contributed by atoms with E-state index in [-0.39, 0.29) is 12.8 Å². The summed E-state index contributed by atoms with van der Waals surface area (Å²) in [6, 6.07) is 3.54. The Morgan fingerprint density at radius 1 is 1.07 bits per heavy atom. The van der Waals surface area contributed by atoms with E-state index in [4.69, 9.17) is 23.2 Å². The van der Waals surface area contributed by atoms with Crippen molar-refractivity contribution >= 4 is 46.5 Å². The van der Waals surface area contributed by atoms with Crippen molar-refractivity contribution in [3.8, 4) is 0 Å². The molecule has 1 aliphatic rings. The quantitative estimate of drug-likeness (QED) is 0.527. The normalized spacial score (nSPS) is 14.7. The lowest BCUT2D eigenvalue weighted by molar-refractivity contribution is -0.151. The lowest BCUT2D eigenvalue weighted by Crippen LogP contribution is -1.94. The molecule has 0 aromatic carbocycles. The van der Waals surface area contributed by atoms with Gasteiger partial charge in [0.05, 0.1) is 21.5 Å². The van der Waals surface area contributed by atoms with Gasteiger partial charge in [-0.2, -0.15) is 0 Å². The monoisotopic (exact) mass is 252 g/mol. The fourth-order valence-corrected chi connectivity index (χ4v) is 1.93. The van der Waals surface area contributed by atoms with Crippen LogP contribution in [-0.2, 0) is 14.3 Å². The van der Waals surface area contributed by atoms with Crippen molar-refractivity contribution in [2.75, 3.05) is 0 Å². The zero-order valence-electron chi connectivity index (χ0n) is 6.96. The Hall–Kier alpha value is -0.580. The number of halogens is 2. The first-order valence-electron chi connectivity index (χ1n) is 3.72.